The van der Waals surface area contributed by atoms with E-state index >= 15 is 0 Å². The van der Waals surface area contributed by atoms with Crippen molar-refractivity contribution in [3.05, 3.63) is 35.4 Å². The molecule has 0 atom stereocenters. The molecule has 0 fully saturated rings. The summed E-state index contributed by atoms with van der Waals surface area (Å²) < 4.78 is 0. The Morgan fingerprint density at radius 2 is 2.11 bits per heavy atom. The number of nitrogens with zero attached hydrogens (tertiary/aromatic N) is 2. The molecule has 0 heterocycles. The Bertz CT molecular complexity index is 472. The topological polar surface area (TPSA) is 44.1 Å². The first-order valence-electron chi connectivity index (χ1n) is 6.09. The van der Waals surface area contributed by atoms with Gasteiger partial charge in [-0.25, -0.2) is 0 Å². The molecular formula is C15H20N2O. The number of aryl methyl sites for hydroxylation is 1. The molecule has 0 N–H and O–H groups in total. The molecule has 0 aliphatic rings. The molecule has 1 aromatic rings. The van der Waals surface area contributed by atoms with E-state index < -0.39 is 5.41 Å². The molecule has 0 radical (unpaired) electrons. The normalized spacial score (nSPS) is 10.8. The molecule has 18 heavy (non-hydrogen) atoms. The van der Waals surface area contributed by atoms with E-state index in [0.29, 0.717) is 6.54 Å². The Morgan fingerprint density at radius 1 is 1.44 bits per heavy atom. The van der Waals surface area contributed by atoms with Crippen LogP contribution in [0.1, 0.15) is 25.0 Å². The quantitative estimate of drug-likeness (QED) is 0.817. The van der Waals surface area contributed by atoms with E-state index in [4.69, 9.17) is 5.26 Å². The number of carbonyl (C=O) groups excluding carboxylic acids is 1. The number of likely N-dealkylation sites (N-methyl/N-ethyl adjacent to an activating group) is 1. The summed E-state index contributed by atoms with van der Waals surface area (Å²) in [5.41, 5.74) is 1.49. The lowest BCUT2D eigenvalue weighted by Gasteiger charge is -2.24. The van der Waals surface area contributed by atoms with Crippen molar-refractivity contribution in [3.8, 4) is 6.07 Å². The average molecular weight is 244 g/mol. The second-order valence-electron chi connectivity index (χ2n) is 5.20. The van der Waals surface area contributed by atoms with Gasteiger partial charge in [0.25, 0.3) is 0 Å². The van der Waals surface area contributed by atoms with Crippen molar-refractivity contribution < 1.29 is 4.79 Å². The van der Waals surface area contributed by atoms with Gasteiger partial charge in [-0.1, -0.05) is 29.8 Å². The van der Waals surface area contributed by atoms with Gasteiger partial charge in [0.15, 0.2) is 0 Å². The highest BCUT2D eigenvalue weighted by Gasteiger charge is 2.29. The van der Waals surface area contributed by atoms with E-state index in [2.05, 4.69) is 25.1 Å². The molecule has 1 aromatic carbocycles. The molecule has 3 heteroatoms. The van der Waals surface area contributed by atoms with Crippen LogP contribution in [0.2, 0.25) is 0 Å². The molecule has 1 amide bonds. The SMILES string of the molecule is Cc1cccc(CCN(C)C(=O)C(C)(C)C#N)c1. The molecule has 0 saturated carbocycles. The summed E-state index contributed by atoms with van der Waals surface area (Å²) in [5.74, 6) is -0.127. The number of hydrogen-bond donors (Lipinski definition) is 0. The maximum absolute atomic E-state index is 12.0. The Kier molecular flexibility index (Phi) is 4.49. The minimum Gasteiger partial charge on any atom is -0.344 e. The highest BCUT2D eigenvalue weighted by Crippen LogP contribution is 2.16. The maximum Gasteiger partial charge on any atom is 0.242 e. The van der Waals surface area contributed by atoms with E-state index in [1.165, 1.54) is 11.1 Å². The number of hydrogen-bond acceptors (Lipinski definition) is 2. The zero-order valence-electron chi connectivity index (χ0n) is 11.5. The smallest absolute Gasteiger partial charge is 0.242 e. The fourth-order valence-corrected chi connectivity index (χ4v) is 1.79. The van der Waals surface area contributed by atoms with E-state index in [1.54, 1.807) is 25.8 Å². The standard InChI is InChI=1S/C15H20N2O/c1-12-6-5-7-13(10-12)8-9-17(4)14(18)15(2,3)11-16/h5-7,10H,8-9H2,1-4H3. The Morgan fingerprint density at radius 3 is 2.67 bits per heavy atom. The molecule has 1 rings (SSSR count). The van der Waals surface area contributed by atoms with Crippen molar-refractivity contribution in [3.63, 3.8) is 0 Å². The van der Waals surface area contributed by atoms with Gasteiger partial charge in [-0.15, -0.1) is 0 Å². The third-order valence-corrected chi connectivity index (χ3v) is 2.98. The number of nitriles is 1. The highest BCUT2D eigenvalue weighted by atomic mass is 16.2. The van der Waals surface area contributed by atoms with Crippen LogP contribution in [0, 0.1) is 23.7 Å². The second kappa shape index (κ2) is 5.68. The lowest BCUT2D eigenvalue weighted by atomic mass is 9.94. The van der Waals surface area contributed by atoms with Gasteiger partial charge < -0.3 is 4.90 Å². The highest BCUT2D eigenvalue weighted by molar-refractivity contribution is 5.84. The van der Waals surface area contributed by atoms with Crippen molar-refractivity contribution >= 4 is 5.91 Å². The van der Waals surface area contributed by atoms with Gasteiger partial charge in [-0.05, 0) is 32.8 Å². The van der Waals surface area contributed by atoms with Gasteiger partial charge >= 0.3 is 0 Å². The van der Waals surface area contributed by atoms with Crippen molar-refractivity contribution in [2.75, 3.05) is 13.6 Å². The van der Waals surface area contributed by atoms with Crippen molar-refractivity contribution in [1.82, 2.24) is 4.90 Å². The van der Waals surface area contributed by atoms with E-state index in [-0.39, 0.29) is 5.91 Å². The van der Waals surface area contributed by atoms with Crippen LogP contribution in [0.4, 0.5) is 0 Å². The Labute approximate surface area is 109 Å². The fraction of sp³-hybridized carbons (Fsp3) is 0.467. The van der Waals surface area contributed by atoms with Crippen LogP contribution < -0.4 is 0 Å². The number of amides is 1. The minimum atomic E-state index is -0.943. The van der Waals surface area contributed by atoms with Gasteiger partial charge in [0.1, 0.15) is 5.41 Å². The summed E-state index contributed by atoms with van der Waals surface area (Å²) >= 11 is 0. The summed E-state index contributed by atoms with van der Waals surface area (Å²) in [6.07, 6.45) is 0.811. The molecular weight excluding hydrogens is 224 g/mol. The summed E-state index contributed by atoms with van der Waals surface area (Å²) in [6, 6.07) is 10.3. The predicted molar refractivity (Wildman–Crippen MR) is 71.9 cm³/mol. The molecule has 0 bridgehead atoms. The summed E-state index contributed by atoms with van der Waals surface area (Å²) in [4.78, 5) is 13.6. The van der Waals surface area contributed by atoms with Crippen LogP contribution in [-0.4, -0.2) is 24.4 Å². The molecule has 0 saturated heterocycles. The van der Waals surface area contributed by atoms with Crippen LogP contribution >= 0.6 is 0 Å². The van der Waals surface area contributed by atoms with Gasteiger partial charge in [0.2, 0.25) is 5.91 Å². The fourth-order valence-electron chi connectivity index (χ4n) is 1.79. The van der Waals surface area contributed by atoms with Crippen molar-refractivity contribution in [2.45, 2.75) is 27.2 Å². The van der Waals surface area contributed by atoms with Crippen LogP contribution in [0.3, 0.4) is 0 Å². The van der Waals surface area contributed by atoms with Crippen LogP contribution in [0.5, 0.6) is 0 Å². The lowest BCUT2D eigenvalue weighted by molar-refractivity contribution is -0.136. The van der Waals surface area contributed by atoms with E-state index in [9.17, 15) is 4.79 Å². The molecule has 0 unspecified atom stereocenters. The van der Waals surface area contributed by atoms with E-state index in [0.717, 1.165) is 6.42 Å². The van der Waals surface area contributed by atoms with E-state index in [1.807, 2.05) is 12.1 Å². The number of carbonyl (C=O) groups is 1. The molecule has 0 aromatic heterocycles. The first kappa shape index (κ1) is 14.2. The van der Waals surface area contributed by atoms with Gasteiger partial charge in [0.05, 0.1) is 6.07 Å². The Balaban J connectivity index is 2.60. The summed E-state index contributed by atoms with van der Waals surface area (Å²) in [6.45, 7) is 5.99. The van der Waals surface area contributed by atoms with Crippen LogP contribution in [-0.2, 0) is 11.2 Å². The van der Waals surface area contributed by atoms with Crippen LogP contribution in [0.25, 0.3) is 0 Å². The zero-order valence-corrected chi connectivity index (χ0v) is 11.5. The van der Waals surface area contributed by atoms with Crippen molar-refractivity contribution in [1.29, 1.82) is 5.26 Å². The molecule has 3 nitrogen and oxygen atoms in total. The third-order valence-electron chi connectivity index (χ3n) is 2.98. The molecule has 0 spiro atoms. The molecule has 0 aliphatic carbocycles. The summed E-state index contributed by atoms with van der Waals surface area (Å²) in [5, 5.41) is 8.94. The minimum absolute atomic E-state index is 0.127. The van der Waals surface area contributed by atoms with Gasteiger partial charge in [-0.3, -0.25) is 4.79 Å². The first-order chi connectivity index (χ1) is 8.36. The maximum atomic E-state index is 12.0. The monoisotopic (exact) mass is 244 g/mol. The zero-order chi connectivity index (χ0) is 13.8. The second-order valence-corrected chi connectivity index (χ2v) is 5.20. The molecule has 96 valence electrons. The summed E-state index contributed by atoms with van der Waals surface area (Å²) in [7, 11) is 1.75. The van der Waals surface area contributed by atoms with Crippen LogP contribution in [0.15, 0.2) is 24.3 Å². The first-order valence-corrected chi connectivity index (χ1v) is 6.09. The molecule has 0 aliphatic heterocycles. The van der Waals surface area contributed by atoms with Crippen molar-refractivity contribution in [2.24, 2.45) is 5.41 Å². The predicted octanol–water partition coefficient (Wildman–Crippen LogP) is 2.55. The lowest BCUT2D eigenvalue weighted by Crippen LogP contribution is -2.38. The average Bonchev–Trinajstić information content (AvgIpc) is 2.35. The number of rotatable bonds is 4. The Hall–Kier alpha value is -1.82. The van der Waals surface area contributed by atoms with Gasteiger partial charge in [0, 0.05) is 13.6 Å². The largest absolute Gasteiger partial charge is 0.344 e. The van der Waals surface area contributed by atoms with Gasteiger partial charge in [-0.2, -0.15) is 5.26 Å². The number of benzene rings is 1. The third kappa shape index (κ3) is 3.59.